The predicted octanol–water partition coefficient (Wildman–Crippen LogP) is 1.77. The van der Waals surface area contributed by atoms with Gasteiger partial charge in [-0.1, -0.05) is 6.08 Å². The molecule has 1 N–H and O–H groups in total. The summed E-state index contributed by atoms with van der Waals surface area (Å²) < 4.78 is 0. The number of hydrogen-bond donors (Lipinski definition) is 1. The van der Waals surface area contributed by atoms with Crippen LogP contribution >= 0.6 is 0 Å². The molecule has 0 fully saturated rings. The van der Waals surface area contributed by atoms with Gasteiger partial charge in [0, 0.05) is 18.4 Å². The molecule has 0 radical (unpaired) electrons. The lowest BCUT2D eigenvalue weighted by atomic mass is 10.0. The third-order valence-electron chi connectivity index (χ3n) is 2.29. The Hall–Kier alpha value is -1.15. The summed E-state index contributed by atoms with van der Waals surface area (Å²) >= 11 is 0. The van der Waals surface area contributed by atoms with Gasteiger partial charge in [0.15, 0.2) is 0 Å². The van der Waals surface area contributed by atoms with Crippen molar-refractivity contribution in [2.75, 3.05) is 13.1 Å². The highest BCUT2D eigenvalue weighted by Crippen LogP contribution is 2.16. The molecule has 0 aliphatic carbocycles. The van der Waals surface area contributed by atoms with E-state index in [0.29, 0.717) is 0 Å². The third-order valence-corrected chi connectivity index (χ3v) is 2.29. The van der Waals surface area contributed by atoms with Crippen molar-refractivity contribution in [3.63, 3.8) is 0 Å². The maximum atomic E-state index is 4.19. The molecule has 1 aromatic rings. The molecule has 0 spiro atoms. The summed E-state index contributed by atoms with van der Waals surface area (Å²) in [5.41, 5.74) is 3.79. The minimum absolute atomic E-state index is 0.990. The van der Waals surface area contributed by atoms with E-state index in [9.17, 15) is 0 Å². The van der Waals surface area contributed by atoms with Crippen LogP contribution in [0.4, 0.5) is 0 Å². The average Bonchev–Trinajstić information content (AvgIpc) is 2.19. The summed E-state index contributed by atoms with van der Waals surface area (Å²) in [6.07, 6.45) is 5.32. The first kappa shape index (κ1) is 8.45. The lowest BCUT2D eigenvalue weighted by Gasteiger charge is -2.14. The second-order valence-corrected chi connectivity index (χ2v) is 3.38. The fourth-order valence-corrected chi connectivity index (χ4v) is 1.61. The zero-order chi connectivity index (χ0) is 9.10. The van der Waals surface area contributed by atoms with Gasteiger partial charge in [-0.3, -0.25) is 4.98 Å². The van der Waals surface area contributed by atoms with Crippen LogP contribution in [-0.2, 0) is 0 Å². The summed E-state index contributed by atoms with van der Waals surface area (Å²) in [6.45, 7) is 4.12. The molecular weight excluding hydrogens is 160 g/mol. The maximum absolute atomic E-state index is 4.19. The van der Waals surface area contributed by atoms with Crippen LogP contribution in [-0.4, -0.2) is 18.1 Å². The van der Waals surface area contributed by atoms with Crippen LogP contribution in [0.2, 0.25) is 0 Å². The Balaban J connectivity index is 2.29. The fourth-order valence-electron chi connectivity index (χ4n) is 1.61. The van der Waals surface area contributed by atoms with Gasteiger partial charge in [0.05, 0.1) is 0 Å². The Morgan fingerprint density at radius 3 is 3.08 bits per heavy atom. The highest BCUT2D eigenvalue weighted by Gasteiger charge is 2.04. The number of pyridine rings is 1. The van der Waals surface area contributed by atoms with Gasteiger partial charge in [-0.15, -0.1) is 0 Å². The van der Waals surface area contributed by atoms with E-state index in [4.69, 9.17) is 0 Å². The maximum Gasteiger partial charge on any atom is 0.0378 e. The Kier molecular flexibility index (Phi) is 2.41. The van der Waals surface area contributed by atoms with Crippen LogP contribution in [0.1, 0.15) is 17.7 Å². The predicted molar refractivity (Wildman–Crippen MR) is 54.4 cm³/mol. The van der Waals surface area contributed by atoms with Gasteiger partial charge in [-0.05, 0) is 43.2 Å². The van der Waals surface area contributed by atoms with E-state index >= 15 is 0 Å². The number of aryl methyl sites for hydroxylation is 1. The molecule has 2 nitrogen and oxygen atoms in total. The second kappa shape index (κ2) is 3.71. The highest BCUT2D eigenvalue weighted by atomic mass is 14.9. The van der Waals surface area contributed by atoms with Crippen molar-refractivity contribution in [2.24, 2.45) is 0 Å². The van der Waals surface area contributed by atoms with Crippen LogP contribution in [0.25, 0.3) is 5.57 Å². The van der Waals surface area contributed by atoms with Crippen LogP contribution in [0.15, 0.2) is 24.4 Å². The molecule has 0 unspecified atom stereocenters. The summed E-state index contributed by atoms with van der Waals surface area (Å²) in [5.74, 6) is 0. The van der Waals surface area contributed by atoms with Gasteiger partial charge in [0.25, 0.3) is 0 Å². The number of aromatic nitrogens is 1. The van der Waals surface area contributed by atoms with Crippen LogP contribution in [0.5, 0.6) is 0 Å². The minimum Gasteiger partial charge on any atom is -0.312 e. The van der Waals surface area contributed by atoms with Gasteiger partial charge < -0.3 is 5.32 Å². The van der Waals surface area contributed by atoms with Gasteiger partial charge in [0.1, 0.15) is 0 Å². The van der Waals surface area contributed by atoms with E-state index in [1.54, 1.807) is 0 Å². The van der Waals surface area contributed by atoms with Crippen molar-refractivity contribution in [1.29, 1.82) is 0 Å². The van der Waals surface area contributed by atoms with Crippen molar-refractivity contribution in [2.45, 2.75) is 13.3 Å². The molecule has 0 saturated heterocycles. The van der Waals surface area contributed by atoms with Crippen LogP contribution < -0.4 is 5.32 Å². The fraction of sp³-hybridized carbons (Fsp3) is 0.364. The standard InChI is InChI=1S/C11H14N2/c1-9-7-10(4-6-13-9)11-3-2-5-12-8-11/h3-4,6-7,12H,2,5,8H2,1H3. The smallest absolute Gasteiger partial charge is 0.0378 e. The molecule has 0 saturated carbocycles. The van der Waals surface area contributed by atoms with E-state index in [-0.39, 0.29) is 0 Å². The largest absolute Gasteiger partial charge is 0.312 e. The van der Waals surface area contributed by atoms with E-state index in [1.165, 1.54) is 11.1 Å². The van der Waals surface area contributed by atoms with Crippen molar-refractivity contribution in [1.82, 2.24) is 10.3 Å². The quantitative estimate of drug-likeness (QED) is 0.701. The first-order valence-corrected chi connectivity index (χ1v) is 4.69. The molecule has 2 rings (SSSR count). The molecule has 2 heterocycles. The number of nitrogens with one attached hydrogen (secondary N) is 1. The van der Waals surface area contributed by atoms with Gasteiger partial charge in [-0.2, -0.15) is 0 Å². The topological polar surface area (TPSA) is 24.9 Å². The highest BCUT2D eigenvalue weighted by molar-refractivity contribution is 5.67. The monoisotopic (exact) mass is 174 g/mol. The molecule has 0 aromatic carbocycles. The van der Waals surface area contributed by atoms with Crippen LogP contribution in [0.3, 0.4) is 0 Å². The van der Waals surface area contributed by atoms with E-state index < -0.39 is 0 Å². The lowest BCUT2D eigenvalue weighted by Crippen LogP contribution is -2.21. The zero-order valence-electron chi connectivity index (χ0n) is 7.88. The normalized spacial score (nSPS) is 16.8. The second-order valence-electron chi connectivity index (χ2n) is 3.38. The summed E-state index contributed by atoms with van der Waals surface area (Å²) in [7, 11) is 0. The number of hydrogen-bond acceptors (Lipinski definition) is 2. The molecular formula is C11H14N2. The Bertz CT molecular complexity index is 329. The van der Waals surface area contributed by atoms with Gasteiger partial charge in [-0.25, -0.2) is 0 Å². The molecule has 0 bridgehead atoms. The van der Waals surface area contributed by atoms with Gasteiger partial charge >= 0.3 is 0 Å². The van der Waals surface area contributed by atoms with E-state index in [2.05, 4.69) is 28.5 Å². The number of nitrogens with zero attached hydrogens (tertiary/aromatic N) is 1. The average molecular weight is 174 g/mol. The van der Waals surface area contributed by atoms with Gasteiger partial charge in [0.2, 0.25) is 0 Å². The van der Waals surface area contributed by atoms with Crippen molar-refractivity contribution in [3.8, 4) is 0 Å². The number of rotatable bonds is 1. The molecule has 0 atom stereocenters. The molecule has 1 aliphatic heterocycles. The Labute approximate surface area is 78.7 Å². The summed E-state index contributed by atoms with van der Waals surface area (Å²) in [6, 6.07) is 4.21. The SMILES string of the molecule is Cc1cc(C2=CCCNC2)ccn1. The summed E-state index contributed by atoms with van der Waals surface area (Å²) in [4.78, 5) is 4.19. The van der Waals surface area contributed by atoms with Crippen molar-refractivity contribution in [3.05, 3.63) is 35.7 Å². The Morgan fingerprint density at radius 1 is 1.46 bits per heavy atom. The van der Waals surface area contributed by atoms with Crippen LogP contribution in [0, 0.1) is 6.92 Å². The molecule has 0 amide bonds. The zero-order valence-corrected chi connectivity index (χ0v) is 7.88. The molecule has 2 heteroatoms. The lowest BCUT2D eigenvalue weighted by molar-refractivity contribution is 0.739. The first-order chi connectivity index (χ1) is 6.36. The molecule has 1 aliphatic rings. The van der Waals surface area contributed by atoms with E-state index in [0.717, 1.165) is 25.2 Å². The summed E-state index contributed by atoms with van der Waals surface area (Å²) in [5, 5.41) is 3.36. The molecule has 68 valence electrons. The van der Waals surface area contributed by atoms with Crippen molar-refractivity contribution < 1.29 is 0 Å². The first-order valence-electron chi connectivity index (χ1n) is 4.69. The van der Waals surface area contributed by atoms with Crippen molar-refractivity contribution >= 4 is 5.57 Å². The Morgan fingerprint density at radius 2 is 2.38 bits per heavy atom. The minimum atomic E-state index is 0.990. The molecule has 13 heavy (non-hydrogen) atoms. The third kappa shape index (κ3) is 1.95. The molecule has 1 aromatic heterocycles. The van der Waals surface area contributed by atoms with E-state index in [1.807, 2.05) is 13.1 Å².